The van der Waals surface area contributed by atoms with Crippen LogP contribution in [0, 0.1) is 0 Å². The molecule has 0 aliphatic rings. The summed E-state index contributed by atoms with van der Waals surface area (Å²) in [6.45, 7) is 0. The van der Waals surface area contributed by atoms with E-state index in [-0.39, 0.29) is 4.03 Å². The highest BCUT2D eigenvalue weighted by Gasteiger charge is 2.01. The van der Waals surface area contributed by atoms with Crippen molar-refractivity contribution in [1.82, 2.24) is 0 Å². The average molecular weight is 517 g/mol. The molecule has 0 spiro atoms. The van der Waals surface area contributed by atoms with Gasteiger partial charge in [-0.15, -0.1) is 0 Å². The third kappa shape index (κ3) is 61.6. The van der Waals surface area contributed by atoms with Crippen molar-refractivity contribution < 1.29 is 14.1 Å². The van der Waals surface area contributed by atoms with Crippen LogP contribution in [0.1, 0.15) is 0 Å². The van der Waals surface area contributed by atoms with Crippen molar-refractivity contribution in [1.29, 1.82) is 0 Å². The Labute approximate surface area is 128 Å². The van der Waals surface area contributed by atoms with Gasteiger partial charge in [0.15, 0.2) is 31.0 Å². The van der Waals surface area contributed by atoms with E-state index in [1.807, 2.05) is 0 Å². The van der Waals surface area contributed by atoms with E-state index in [4.69, 9.17) is 4.55 Å². The number of rotatable bonds is 1. The number of hydrogen-bond acceptors (Lipinski definition) is 3. The normalized spacial score (nSPS) is 8.43. The van der Waals surface area contributed by atoms with Crippen LogP contribution in [-0.2, 0) is 19.2 Å². The van der Waals surface area contributed by atoms with Gasteiger partial charge in [-0.05, 0) is 69.7 Å². The smallest absolute Gasteiger partial charge is 0.304 e. The Balaban J connectivity index is -0.000000135. The first-order valence-electron chi connectivity index (χ1n) is 2.02. The molecule has 0 rings (SSSR count). The quantitative estimate of drug-likeness (QED) is 0.214. The number of carbonyl (C=O) groups is 2. The van der Waals surface area contributed by atoms with Crippen LogP contribution < -0.4 is 0 Å². The van der Waals surface area contributed by atoms with E-state index in [9.17, 15) is 9.59 Å². The molecule has 0 aromatic rings. The van der Waals surface area contributed by atoms with Gasteiger partial charge in [-0.3, -0.25) is 9.59 Å². The average Bonchev–Trinajstić information content (AvgIpc) is 1.83. The maximum absolute atomic E-state index is 9.43. The van der Waals surface area contributed by atoms with E-state index in [1.54, 1.807) is 0 Å². The summed E-state index contributed by atoms with van der Waals surface area (Å²) in [6.07, 6.45) is 0. The Morgan fingerprint density at radius 3 is 1.14 bits per heavy atom. The zero-order valence-corrected chi connectivity index (χ0v) is 15.2. The zero-order chi connectivity index (χ0) is 12.3. The summed E-state index contributed by atoms with van der Waals surface area (Å²) in [4.78, 5) is 18.9. The molecule has 3 nitrogen and oxygen atoms in total. The van der Waals surface area contributed by atoms with E-state index in [2.05, 4.69) is 91.0 Å². The minimum absolute atomic E-state index is 0.183. The van der Waals surface area contributed by atoms with Crippen molar-refractivity contribution in [2.24, 2.45) is 0 Å². The van der Waals surface area contributed by atoms with Crippen LogP contribution >= 0.6 is 95.1 Å². The Kier molecular flexibility index (Phi) is 24.5. The van der Waals surface area contributed by atoms with Crippen LogP contribution in [-0.4, -0.2) is 15.0 Å². The van der Waals surface area contributed by atoms with Gasteiger partial charge in [0.05, 0.1) is 0 Å². The third-order valence-electron chi connectivity index (χ3n) is 0.155. The molecule has 12 heteroatoms. The SMILES string of the molecule is BrP(Br)Br.O=C(Cl)C(=O)Cl.[O-][S+](Cl)Cl. The molecule has 0 heterocycles. The Hall–Kier alpha value is 2.68. The third-order valence-corrected chi connectivity index (χ3v) is 0.595. The van der Waals surface area contributed by atoms with Crippen molar-refractivity contribution >= 4 is 115 Å². The molecular formula is C2Br3Cl4O3PS. The molecular weight excluding hydrogens is 517 g/mol. The molecule has 0 aliphatic carbocycles. The van der Waals surface area contributed by atoms with Gasteiger partial charge in [0.2, 0.25) is 0 Å². The van der Waals surface area contributed by atoms with Gasteiger partial charge >= 0.3 is 10.5 Å². The molecule has 0 unspecified atom stereocenters. The van der Waals surface area contributed by atoms with Crippen molar-refractivity contribution in [3.8, 4) is 0 Å². The van der Waals surface area contributed by atoms with Gasteiger partial charge in [0.25, 0.3) is 0 Å². The molecule has 0 bridgehead atoms. The fraction of sp³-hybridized carbons (Fsp3) is 0. The molecule has 14 heavy (non-hydrogen) atoms. The first kappa shape index (κ1) is 21.9. The minimum Gasteiger partial charge on any atom is -0.582 e. The summed E-state index contributed by atoms with van der Waals surface area (Å²) in [5, 5.41) is -2.28. The van der Waals surface area contributed by atoms with Crippen LogP contribution in [0.4, 0.5) is 0 Å². The van der Waals surface area contributed by atoms with E-state index in [0.29, 0.717) is 0 Å². The van der Waals surface area contributed by atoms with Gasteiger partial charge in [-0.25, -0.2) is 0 Å². The molecule has 86 valence electrons. The van der Waals surface area contributed by atoms with Gasteiger partial charge in [0.1, 0.15) is 4.03 Å². The molecule has 0 atom stereocenters. The van der Waals surface area contributed by atoms with E-state index >= 15 is 0 Å². The fourth-order valence-corrected chi connectivity index (χ4v) is 0. The Morgan fingerprint density at radius 1 is 1.07 bits per heavy atom. The van der Waals surface area contributed by atoms with Crippen molar-refractivity contribution in [3.63, 3.8) is 0 Å². The van der Waals surface area contributed by atoms with Crippen molar-refractivity contribution in [3.05, 3.63) is 0 Å². The zero-order valence-electron chi connectivity index (χ0n) is 5.73. The second-order valence-electron chi connectivity index (χ2n) is 0.923. The minimum atomic E-state index is -1.67. The van der Waals surface area contributed by atoms with Gasteiger partial charge in [-0.1, -0.05) is 0 Å². The lowest BCUT2D eigenvalue weighted by Crippen LogP contribution is -1.94. The number of carbonyl (C=O) groups excluding carboxylic acids is 2. The lowest BCUT2D eigenvalue weighted by Gasteiger charge is -1.73. The summed E-state index contributed by atoms with van der Waals surface area (Å²) in [6, 6.07) is 0. The van der Waals surface area contributed by atoms with E-state index in [1.165, 1.54) is 0 Å². The molecule has 0 saturated carbocycles. The standard InChI is InChI=1S/C2Cl2O2.Br3P.Cl2OS/c3-1(5)2(4)6;2*1-4(2)3. The maximum Gasteiger partial charge on any atom is 0.304 e. The predicted octanol–water partition coefficient (Wildman–Crippen LogP) is 4.96. The van der Waals surface area contributed by atoms with E-state index in [0.717, 1.165) is 0 Å². The molecule has 0 amide bonds. The molecule has 0 aliphatic heterocycles. The summed E-state index contributed by atoms with van der Waals surface area (Å²) in [5.74, 6) is 0. The molecule has 0 saturated heterocycles. The van der Waals surface area contributed by atoms with Crippen LogP contribution in [0.15, 0.2) is 0 Å². The van der Waals surface area contributed by atoms with Crippen LogP contribution in [0.2, 0.25) is 0 Å². The lowest BCUT2D eigenvalue weighted by molar-refractivity contribution is -0.127. The highest BCUT2D eigenvalue weighted by atomic mass is 80.0. The monoisotopic (exact) mass is 512 g/mol. The lowest BCUT2D eigenvalue weighted by atomic mass is 10.9. The van der Waals surface area contributed by atoms with E-state index < -0.39 is 20.1 Å². The van der Waals surface area contributed by atoms with Crippen molar-refractivity contribution in [2.75, 3.05) is 0 Å². The highest BCUT2D eigenvalue weighted by Crippen LogP contribution is 2.59. The molecule has 0 aromatic heterocycles. The first-order chi connectivity index (χ1) is 6.11. The van der Waals surface area contributed by atoms with Crippen LogP contribution in [0.3, 0.4) is 0 Å². The molecule has 0 fully saturated rings. The predicted molar refractivity (Wildman–Crippen MR) is 75.3 cm³/mol. The van der Waals surface area contributed by atoms with Crippen LogP contribution in [0.25, 0.3) is 0 Å². The topological polar surface area (TPSA) is 57.2 Å². The first-order valence-corrected chi connectivity index (χ1v) is 13.0. The van der Waals surface area contributed by atoms with Gasteiger partial charge in [0, 0.05) is 0 Å². The Morgan fingerprint density at radius 2 is 1.14 bits per heavy atom. The Bertz CT molecular complexity index is 148. The molecule has 0 radical (unpaired) electrons. The molecule has 0 N–H and O–H groups in total. The summed E-state index contributed by atoms with van der Waals surface area (Å²) < 4.78 is 8.90. The van der Waals surface area contributed by atoms with Gasteiger partial charge < -0.3 is 4.55 Å². The summed E-state index contributed by atoms with van der Waals surface area (Å²) in [5.41, 5.74) is 0. The van der Waals surface area contributed by atoms with Crippen molar-refractivity contribution in [2.45, 2.75) is 0 Å². The largest absolute Gasteiger partial charge is 0.582 e. The fourth-order valence-electron chi connectivity index (χ4n) is 0. The second-order valence-corrected chi connectivity index (χ2v) is 19.5. The number of halogens is 7. The second kappa shape index (κ2) is 15.7. The van der Waals surface area contributed by atoms with Crippen LogP contribution in [0.5, 0.6) is 0 Å². The highest BCUT2D eigenvalue weighted by molar-refractivity contribution is 9.93. The molecule has 0 aromatic carbocycles. The summed E-state index contributed by atoms with van der Waals surface area (Å²) >= 11 is 18.5. The summed E-state index contributed by atoms with van der Waals surface area (Å²) in [7, 11) is 7.36. The van der Waals surface area contributed by atoms with Gasteiger partial charge in [-0.2, -0.15) is 0 Å². The number of hydrogen-bond donors (Lipinski definition) is 0. The maximum atomic E-state index is 9.43.